The lowest BCUT2D eigenvalue weighted by molar-refractivity contribution is -0.118. The smallest absolute Gasteiger partial charge is 0.240 e. The quantitative estimate of drug-likeness (QED) is 0.754. The predicted octanol–water partition coefficient (Wildman–Crippen LogP) is 2.18. The van der Waals surface area contributed by atoms with Crippen molar-refractivity contribution < 1.29 is 13.2 Å². The van der Waals surface area contributed by atoms with Crippen LogP contribution < -0.4 is 10.0 Å². The molecule has 0 aromatic heterocycles. The standard InChI is InChI=1S/C16H26N2O3S/c1-13(19)17-11-5-6-12-18-22(20,21)15-9-7-14(8-10-15)16(2,3)4/h7-10,18H,5-6,11-12H2,1-4H3,(H,17,19). The van der Waals surface area contributed by atoms with Gasteiger partial charge in [-0.05, 0) is 36.0 Å². The van der Waals surface area contributed by atoms with Crippen LogP contribution in [0.3, 0.4) is 0 Å². The SMILES string of the molecule is CC(=O)NCCCCNS(=O)(=O)c1ccc(C(C)(C)C)cc1. The van der Waals surface area contributed by atoms with Crippen molar-refractivity contribution in [3.63, 3.8) is 0 Å². The third-order valence-corrected chi connectivity index (χ3v) is 4.78. The number of hydrogen-bond donors (Lipinski definition) is 2. The first-order chi connectivity index (χ1) is 10.1. The minimum absolute atomic E-state index is 0.000563. The van der Waals surface area contributed by atoms with Gasteiger partial charge in [0.2, 0.25) is 15.9 Å². The van der Waals surface area contributed by atoms with Gasteiger partial charge in [-0.2, -0.15) is 0 Å². The van der Waals surface area contributed by atoms with Crippen molar-refractivity contribution >= 4 is 15.9 Å². The lowest BCUT2D eigenvalue weighted by Crippen LogP contribution is -2.26. The number of hydrogen-bond acceptors (Lipinski definition) is 3. The van der Waals surface area contributed by atoms with E-state index in [4.69, 9.17) is 0 Å². The molecule has 0 saturated heterocycles. The Hall–Kier alpha value is -1.40. The van der Waals surface area contributed by atoms with E-state index in [1.165, 1.54) is 6.92 Å². The molecule has 0 heterocycles. The maximum absolute atomic E-state index is 12.2. The fourth-order valence-electron chi connectivity index (χ4n) is 1.94. The van der Waals surface area contributed by atoms with Crippen LogP contribution in [0, 0.1) is 0 Å². The highest BCUT2D eigenvalue weighted by Crippen LogP contribution is 2.23. The van der Waals surface area contributed by atoms with E-state index in [1.54, 1.807) is 12.1 Å². The van der Waals surface area contributed by atoms with E-state index in [0.717, 1.165) is 12.0 Å². The molecule has 2 N–H and O–H groups in total. The summed E-state index contributed by atoms with van der Waals surface area (Å²) in [5.74, 6) is -0.0699. The van der Waals surface area contributed by atoms with E-state index < -0.39 is 10.0 Å². The maximum Gasteiger partial charge on any atom is 0.240 e. The summed E-state index contributed by atoms with van der Waals surface area (Å²) in [5.41, 5.74) is 1.10. The number of unbranched alkanes of at least 4 members (excludes halogenated alkanes) is 1. The Morgan fingerprint density at radius 2 is 1.59 bits per heavy atom. The molecule has 0 radical (unpaired) electrons. The van der Waals surface area contributed by atoms with Gasteiger partial charge in [0.1, 0.15) is 0 Å². The predicted molar refractivity (Wildman–Crippen MR) is 88.2 cm³/mol. The van der Waals surface area contributed by atoms with Crippen molar-refractivity contribution in [1.29, 1.82) is 0 Å². The van der Waals surface area contributed by atoms with Gasteiger partial charge in [0.15, 0.2) is 0 Å². The Labute approximate surface area is 133 Å². The number of sulfonamides is 1. The van der Waals surface area contributed by atoms with Crippen molar-refractivity contribution in [3.05, 3.63) is 29.8 Å². The third-order valence-electron chi connectivity index (χ3n) is 3.30. The summed E-state index contributed by atoms with van der Waals surface area (Å²) in [6.45, 7) is 8.65. The van der Waals surface area contributed by atoms with Gasteiger partial charge in [0.05, 0.1) is 4.90 Å². The molecule has 0 bridgehead atoms. The molecule has 124 valence electrons. The van der Waals surface area contributed by atoms with Gasteiger partial charge in [-0.1, -0.05) is 32.9 Å². The first-order valence-corrected chi connectivity index (χ1v) is 8.96. The molecule has 1 aromatic carbocycles. The van der Waals surface area contributed by atoms with Gasteiger partial charge < -0.3 is 5.32 Å². The Balaban J connectivity index is 2.51. The van der Waals surface area contributed by atoms with Crippen LogP contribution in [0.1, 0.15) is 46.1 Å². The molecule has 0 aliphatic carbocycles. The molecule has 0 unspecified atom stereocenters. The molecule has 0 saturated carbocycles. The zero-order chi connectivity index (χ0) is 16.8. The van der Waals surface area contributed by atoms with Crippen molar-refractivity contribution in [3.8, 4) is 0 Å². The van der Waals surface area contributed by atoms with E-state index in [-0.39, 0.29) is 16.2 Å². The Morgan fingerprint density at radius 1 is 1.05 bits per heavy atom. The van der Waals surface area contributed by atoms with Gasteiger partial charge in [0, 0.05) is 20.0 Å². The van der Waals surface area contributed by atoms with Crippen LogP contribution >= 0.6 is 0 Å². The normalized spacial score (nSPS) is 12.2. The molecule has 6 heteroatoms. The Kier molecular flexibility index (Phi) is 6.56. The summed E-state index contributed by atoms with van der Waals surface area (Å²) in [4.78, 5) is 11.0. The van der Waals surface area contributed by atoms with Gasteiger partial charge in [-0.25, -0.2) is 13.1 Å². The number of benzene rings is 1. The van der Waals surface area contributed by atoms with Gasteiger partial charge in [-0.15, -0.1) is 0 Å². The zero-order valence-corrected chi connectivity index (χ0v) is 14.6. The average Bonchev–Trinajstić information content (AvgIpc) is 2.41. The van der Waals surface area contributed by atoms with Crippen LogP contribution in [0.15, 0.2) is 29.2 Å². The molecular weight excluding hydrogens is 300 g/mol. The van der Waals surface area contributed by atoms with Gasteiger partial charge >= 0.3 is 0 Å². The molecule has 0 spiro atoms. The molecule has 5 nitrogen and oxygen atoms in total. The van der Waals surface area contributed by atoms with Crippen molar-refractivity contribution in [2.45, 2.75) is 50.8 Å². The van der Waals surface area contributed by atoms with Crippen molar-refractivity contribution in [2.75, 3.05) is 13.1 Å². The largest absolute Gasteiger partial charge is 0.356 e. The van der Waals surface area contributed by atoms with Gasteiger partial charge in [0.25, 0.3) is 0 Å². The molecule has 22 heavy (non-hydrogen) atoms. The topological polar surface area (TPSA) is 75.3 Å². The molecule has 1 amide bonds. The summed E-state index contributed by atoms with van der Waals surface area (Å²) in [6.07, 6.45) is 1.42. The highest BCUT2D eigenvalue weighted by molar-refractivity contribution is 7.89. The van der Waals surface area contributed by atoms with Crippen molar-refractivity contribution in [1.82, 2.24) is 10.0 Å². The maximum atomic E-state index is 12.2. The summed E-state index contributed by atoms with van der Waals surface area (Å²) < 4.78 is 26.9. The molecule has 0 aliphatic heterocycles. The van der Waals surface area contributed by atoms with Crippen LogP contribution in [0.4, 0.5) is 0 Å². The van der Waals surface area contributed by atoms with Crippen molar-refractivity contribution in [2.24, 2.45) is 0 Å². The monoisotopic (exact) mass is 326 g/mol. The summed E-state index contributed by atoms with van der Waals surface area (Å²) >= 11 is 0. The van der Waals surface area contributed by atoms with E-state index in [0.29, 0.717) is 19.5 Å². The second-order valence-corrected chi connectivity index (χ2v) is 8.13. The van der Waals surface area contributed by atoms with Crippen LogP contribution in [-0.4, -0.2) is 27.4 Å². The summed E-state index contributed by atoms with van der Waals surface area (Å²) in [6, 6.07) is 6.98. The minimum atomic E-state index is -3.46. The highest BCUT2D eigenvalue weighted by atomic mass is 32.2. The van der Waals surface area contributed by atoms with E-state index in [2.05, 4.69) is 30.8 Å². The average molecular weight is 326 g/mol. The van der Waals surface area contributed by atoms with Crippen LogP contribution in [-0.2, 0) is 20.2 Å². The molecule has 1 rings (SSSR count). The number of nitrogens with one attached hydrogen (secondary N) is 2. The fourth-order valence-corrected chi connectivity index (χ4v) is 3.01. The molecule has 0 atom stereocenters. The highest BCUT2D eigenvalue weighted by Gasteiger charge is 2.17. The molecule has 0 fully saturated rings. The lowest BCUT2D eigenvalue weighted by Gasteiger charge is -2.19. The van der Waals surface area contributed by atoms with Crippen LogP contribution in [0.25, 0.3) is 0 Å². The van der Waals surface area contributed by atoms with E-state index >= 15 is 0 Å². The second kappa shape index (κ2) is 7.74. The molecule has 1 aromatic rings. The zero-order valence-electron chi connectivity index (χ0n) is 13.8. The second-order valence-electron chi connectivity index (χ2n) is 6.36. The number of amides is 1. The third kappa shape index (κ3) is 6.15. The molecular formula is C16H26N2O3S. The number of rotatable bonds is 7. The summed E-state index contributed by atoms with van der Waals surface area (Å²) in [7, 11) is -3.46. The minimum Gasteiger partial charge on any atom is -0.356 e. The number of carbonyl (C=O) groups excluding carboxylic acids is 1. The van der Waals surface area contributed by atoms with Gasteiger partial charge in [-0.3, -0.25) is 4.79 Å². The number of carbonyl (C=O) groups is 1. The molecule has 0 aliphatic rings. The van der Waals surface area contributed by atoms with Crippen LogP contribution in [0.5, 0.6) is 0 Å². The lowest BCUT2D eigenvalue weighted by atomic mass is 9.87. The summed E-state index contributed by atoms with van der Waals surface area (Å²) in [5, 5.41) is 2.68. The van der Waals surface area contributed by atoms with Crippen LogP contribution in [0.2, 0.25) is 0 Å². The fraction of sp³-hybridized carbons (Fsp3) is 0.562. The first kappa shape index (κ1) is 18.6. The Morgan fingerprint density at radius 3 is 2.09 bits per heavy atom. The van der Waals surface area contributed by atoms with E-state index in [1.807, 2.05) is 12.1 Å². The Bertz CT molecular complexity index is 587. The first-order valence-electron chi connectivity index (χ1n) is 7.47. The van der Waals surface area contributed by atoms with E-state index in [9.17, 15) is 13.2 Å².